The number of hydrogen-bond donors (Lipinski definition) is 2. The third-order valence-electron chi connectivity index (χ3n) is 3.09. The third kappa shape index (κ3) is 4.43. The summed E-state index contributed by atoms with van der Waals surface area (Å²) in [6, 6.07) is 13.1. The number of benzene rings is 2. The van der Waals surface area contributed by atoms with Gasteiger partial charge in [-0.1, -0.05) is 29.8 Å². The number of amides is 1. The molecule has 0 heterocycles. The molecule has 0 aliphatic carbocycles. The number of likely N-dealkylation sites (N-methyl/N-ethyl adjacent to an activating group) is 1. The zero-order valence-electron chi connectivity index (χ0n) is 11.6. The van der Waals surface area contributed by atoms with E-state index in [1.165, 1.54) is 0 Å². The third-order valence-corrected chi connectivity index (χ3v) is 4.21. The van der Waals surface area contributed by atoms with E-state index < -0.39 is 0 Å². The summed E-state index contributed by atoms with van der Waals surface area (Å²) in [6.07, 6.45) is 0.817. The molecule has 0 aliphatic heterocycles. The van der Waals surface area contributed by atoms with Gasteiger partial charge in [-0.05, 0) is 72.4 Å². The molecule has 5 heteroatoms. The lowest BCUT2D eigenvalue weighted by molar-refractivity contribution is 0.102. The average molecular weight is 415 g/mol. The summed E-state index contributed by atoms with van der Waals surface area (Å²) in [6.45, 7) is 0.836. The van der Waals surface area contributed by atoms with Gasteiger partial charge in [0, 0.05) is 14.2 Å². The molecule has 0 saturated carbocycles. The Hall–Kier alpha value is -1.11. The van der Waals surface area contributed by atoms with E-state index in [0.717, 1.165) is 27.8 Å². The van der Waals surface area contributed by atoms with E-state index in [-0.39, 0.29) is 5.91 Å². The van der Waals surface area contributed by atoms with E-state index in [4.69, 9.17) is 11.6 Å². The average Bonchev–Trinajstić information content (AvgIpc) is 2.48. The Labute approximate surface area is 143 Å². The summed E-state index contributed by atoms with van der Waals surface area (Å²) in [5.41, 5.74) is 2.51. The van der Waals surface area contributed by atoms with Gasteiger partial charge >= 0.3 is 0 Å². The fraction of sp³-hybridized carbons (Fsp3) is 0.188. The molecule has 0 fully saturated rings. The van der Waals surface area contributed by atoms with E-state index >= 15 is 0 Å². The van der Waals surface area contributed by atoms with Crippen molar-refractivity contribution in [3.63, 3.8) is 0 Å². The highest BCUT2D eigenvalue weighted by Crippen LogP contribution is 2.23. The van der Waals surface area contributed by atoms with Crippen molar-refractivity contribution in [2.45, 2.75) is 6.42 Å². The second-order valence-electron chi connectivity index (χ2n) is 4.59. The van der Waals surface area contributed by atoms with Crippen LogP contribution in [0.5, 0.6) is 0 Å². The monoisotopic (exact) mass is 414 g/mol. The quantitative estimate of drug-likeness (QED) is 0.727. The summed E-state index contributed by atoms with van der Waals surface area (Å²) in [7, 11) is 1.90. The number of anilines is 1. The molecule has 2 aromatic rings. The number of nitrogens with one attached hydrogen (secondary N) is 2. The van der Waals surface area contributed by atoms with Crippen molar-refractivity contribution in [1.82, 2.24) is 5.32 Å². The smallest absolute Gasteiger partial charge is 0.255 e. The molecule has 2 N–H and O–H groups in total. The molecule has 0 spiro atoms. The highest BCUT2D eigenvalue weighted by Gasteiger charge is 2.12. The summed E-state index contributed by atoms with van der Waals surface area (Å²) in [5.74, 6) is -0.0954. The van der Waals surface area contributed by atoms with Crippen molar-refractivity contribution in [2.24, 2.45) is 0 Å². The van der Waals surface area contributed by atoms with Gasteiger partial charge in [0.2, 0.25) is 0 Å². The zero-order chi connectivity index (χ0) is 15.2. The van der Waals surface area contributed by atoms with Crippen LogP contribution in [-0.2, 0) is 6.42 Å². The van der Waals surface area contributed by atoms with Crippen molar-refractivity contribution < 1.29 is 4.79 Å². The first kappa shape index (κ1) is 16.3. The largest absolute Gasteiger partial charge is 0.321 e. The van der Waals surface area contributed by atoms with Gasteiger partial charge in [-0.15, -0.1) is 0 Å². The Kier molecular flexibility index (Phi) is 6.02. The van der Waals surface area contributed by atoms with E-state index in [1.54, 1.807) is 6.07 Å². The number of carbonyl (C=O) groups excluding carboxylic acids is 1. The van der Waals surface area contributed by atoms with Gasteiger partial charge in [0.1, 0.15) is 0 Å². The van der Waals surface area contributed by atoms with Crippen LogP contribution in [0.1, 0.15) is 15.9 Å². The summed E-state index contributed by atoms with van der Waals surface area (Å²) in [4.78, 5) is 12.5. The minimum absolute atomic E-state index is 0.0954. The second-order valence-corrected chi connectivity index (χ2v) is 6.19. The predicted molar refractivity (Wildman–Crippen MR) is 96.2 cm³/mol. The first-order valence-electron chi connectivity index (χ1n) is 6.60. The Morgan fingerprint density at radius 3 is 2.71 bits per heavy atom. The minimum atomic E-state index is -0.0954. The fourth-order valence-electron chi connectivity index (χ4n) is 2.00. The molecule has 110 valence electrons. The first-order valence-corrected chi connectivity index (χ1v) is 8.06. The van der Waals surface area contributed by atoms with Gasteiger partial charge in [-0.2, -0.15) is 0 Å². The second kappa shape index (κ2) is 7.77. The van der Waals surface area contributed by atoms with Crippen LogP contribution in [0.15, 0.2) is 42.5 Å². The number of hydrogen-bond acceptors (Lipinski definition) is 2. The maximum atomic E-state index is 12.5. The number of halogens is 2. The molecular weight excluding hydrogens is 399 g/mol. The van der Waals surface area contributed by atoms with Crippen LogP contribution in [-0.4, -0.2) is 19.5 Å². The molecule has 0 aliphatic rings. The Balaban J connectivity index is 2.20. The molecule has 1 amide bonds. The van der Waals surface area contributed by atoms with Gasteiger partial charge in [0.05, 0.1) is 5.69 Å². The molecule has 21 heavy (non-hydrogen) atoms. The lowest BCUT2D eigenvalue weighted by Crippen LogP contribution is -2.17. The number of rotatable bonds is 5. The van der Waals surface area contributed by atoms with Gasteiger partial charge < -0.3 is 10.6 Å². The van der Waals surface area contributed by atoms with Crippen molar-refractivity contribution in [3.8, 4) is 0 Å². The first-order chi connectivity index (χ1) is 10.1. The van der Waals surface area contributed by atoms with Gasteiger partial charge in [-0.25, -0.2) is 0 Å². The summed E-state index contributed by atoms with van der Waals surface area (Å²) in [5, 5.41) is 6.70. The summed E-state index contributed by atoms with van der Waals surface area (Å²) < 4.78 is 0.918. The van der Waals surface area contributed by atoms with E-state index in [0.29, 0.717) is 10.6 Å². The molecule has 2 rings (SSSR count). The molecule has 2 aromatic carbocycles. The topological polar surface area (TPSA) is 41.1 Å². The molecule has 0 radical (unpaired) electrons. The predicted octanol–water partition coefficient (Wildman–Crippen LogP) is 3.96. The van der Waals surface area contributed by atoms with Crippen LogP contribution in [0.25, 0.3) is 0 Å². The molecule has 0 saturated heterocycles. The molecule has 0 unspecified atom stereocenters. The fourth-order valence-corrected chi connectivity index (χ4v) is 3.01. The lowest BCUT2D eigenvalue weighted by Gasteiger charge is -2.11. The van der Waals surface area contributed by atoms with Crippen LogP contribution in [0.2, 0.25) is 5.02 Å². The molecular formula is C16H16ClIN2O. The van der Waals surface area contributed by atoms with E-state index in [9.17, 15) is 4.79 Å². The highest BCUT2D eigenvalue weighted by molar-refractivity contribution is 14.1. The summed E-state index contributed by atoms with van der Waals surface area (Å²) >= 11 is 8.09. The van der Waals surface area contributed by atoms with Crippen LogP contribution in [0.3, 0.4) is 0 Å². The maximum Gasteiger partial charge on any atom is 0.255 e. The van der Waals surface area contributed by atoms with Crippen LogP contribution < -0.4 is 10.6 Å². The Morgan fingerprint density at radius 1 is 1.24 bits per heavy atom. The minimum Gasteiger partial charge on any atom is -0.321 e. The maximum absolute atomic E-state index is 12.5. The van der Waals surface area contributed by atoms with Crippen molar-refractivity contribution in [2.75, 3.05) is 18.9 Å². The van der Waals surface area contributed by atoms with E-state index in [1.807, 2.05) is 43.4 Å². The van der Waals surface area contributed by atoms with Gasteiger partial charge in [0.25, 0.3) is 5.91 Å². The SMILES string of the molecule is CNCCc1ccccc1C(=O)Nc1ccc(Cl)cc1I. The van der Waals surface area contributed by atoms with E-state index in [2.05, 4.69) is 33.2 Å². The molecule has 0 aromatic heterocycles. The number of carbonyl (C=O) groups is 1. The van der Waals surface area contributed by atoms with Crippen LogP contribution >= 0.6 is 34.2 Å². The zero-order valence-corrected chi connectivity index (χ0v) is 14.5. The van der Waals surface area contributed by atoms with Crippen molar-refractivity contribution >= 4 is 45.8 Å². The highest BCUT2D eigenvalue weighted by atomic mass is 127. The Morgan fingerprint density at radius 2 is 2.00 bits per heavy atom. The normalized spacial score (nSPS) is 10.4. The Bertz CT molecular complexity index is 646. The van der Waals surface area contributed by atoms with Gasteiger partial charge in [-0.3, -0.25) is 4.79 Å². The molecule has 3 nitrogen and oxygen atoms in total. The lowest BCUT2D eigenvalue weighted by atomic mass is 10.0. The molecule has 0 atom stereocenters. The van der Waals surface area contributed by atoms with Crippen LogP contribution in [0, 0.1) is 3.57 Å². The van der Waals surface area contributed by atoms with Crippen molar-refractivity contribution in [1.29, 1.82) is 0 Å². The standard InChI is InChI=1S/C16H16ClIN2O/c1-19-9-8-11-4-2-3-5-13(11)16(21)20-15-7-6-12(17)10-14(15)18/h2-7,10,19H,8-9H2,1H3,(H,20,21). The molecule has 0 bridgehead atoms. The van der Waals surface area contributed by atoms with Gasteiger partial charge in [0.15, 0.2) is 0 Å². The van der Waals surface area contributed by atoms with Crippen LogP contribution in [0.4, 0.5) is 5.69 Å². The van der Waals surface area contributed by atoms with Crippen molar-refractivity contribution in [3.05, 3.63) is 62.2 Å².